The maximum Gasteiger partial charge on any atom is 0.346 e. The highest BCUT2D eigenvalue weighted by Gasteiger charge is 2.24. The average Bonchev–Trinajstić information content (AvgIpc) is 1.61. The third-order valence-corrected chi connectivity index (χ3v) is 24.6. The van der Waals surface area contributed by atoms with Gasteiger partial charge >= 0.3 is 17.9 Å². The lowest BCUT2D eigenvalue weighted by molar-refractivity contribution is -0.133. The van der Waals surface area contributed by atoms with Gasteiger partial charge in [-0.3, -0.25) is 9.59 Å². The Morgan fingerprint density at radius 2 is 0.588 bits per heavy atom. The first-order chi connectivity index (χ1) is 66.6. The number of para-hydroxylation sites is 4. The molecule has 0 unspecified atom stereocenters. The van der Waals surface area contributed by atoms with E-state index in [4.69, 9.17) is 30.3 Å². The van der Waals surface area contributed by atoms with Gasteiger partial charge < -0.3 is 77.2 Å². The zero-order valence-corrected chi connectivity index (χ0v) is 71.8. The number of ether oxygens (including phenoxy) is 5. The Morgan fingerprint density at radius 1 is 0.316 bits per heavy atom. The number of allylic oxidation sites excluding steroid dienone is 1. The summed E-state index contributed by atoms with van der Waals surface area (Å²) in [5.41, 5.74) is 18.1. The Labute approximate surface area is 772 Å². The van der Waals surface area contributed by atoms with Crippen molar-refractivity contribution in [3.63, 3.8) is 0 Å². The number of carboxylic acid groups (broad SMARTS) is 3. The molecule has 1 aliphatic rings. The molecule has 8 bridgehead atoms. The van der Waals surface area contributed by atoms with Crippen molar-refractivity contribution in [2.45, 2.75) is 26.9 Å². The van der Waals surface area contributed by atoms with Crippen LogP contribution in [0.15, 0.2) is 338 Å². The summed E-state index contributed by atoms with van der Waals surface area (Å²) in [6, 6.07) is 108. The summed E-state index contributed by atoms with van der Waals surface area (Å²) in [6.45, 7) is 8.24. The molecule has 0 saturated carbocycles. The first-order valence-corrected chi connectivity index (χ1v) is 43.1. The smallest absolute Gasteiger partial charge is 0.346 e. The first kappa shape index (κ1) is 83.4. The molecule has 24 heteroatoms. The highest BCUT2D eigenvalue weighted by atomic mass is 16.5. The zero-order chi connectivity index (χ0) is 92.8. The van der Waals surface area contributed by atoms with Crippen LogP contribution in [0, 0.1) is 40.6 Å². The van der Waals surface area contributed by atoms with Crippen LogP contribution in [0.3, 0.4) is 0 Å². The molecule has 652 valence electrons. The van der Waals surface area contributed by atoms with Gasteiger partial charge in [0, 0.05) is 110 Å². The molecule has 1 aliphatic heterocycles. The van der Waals surface area contributed by atoms with Crippen LogP contribution in [-0.4, -0.2) is 77.9 Å². The number of aromatic nitrogens is 8. The number of benzene rings is 12. The molecule has 0 spiro atoms. The second-order valence-corrected chi connectivity index (χ2v) is 32.5. The van der Waals surface area contributed by atoms with Gasteiger partial charge in [0.05, 0.1) is 50.7 Å². The van der Waals surface area contributed by atoms with Crippen LogP contribution in [0.4, 0.5) is 0 Å². The predicted molar refractivity (Wildman–Crippen MR) is 520 cm³/mol. The van der Waals surface area contributed by atoms with E-state index in [1.165, 1.54) is 24.3 Å². The number of carbonyl (C=O) groups excluding carboxylic acids is 1. The number of carbonyl (C=O) groups is 4. The normalized spacial score (nSPS) is 12.5. The number of hydrogen-bond donors (Lipinski definition) is 7. The van der Waals surface area contributed by atoms with Crippen molar-refractivity contribution in [1.29, 1.82) is 15.8 Å². The quantitative estimate of drug-likeness (QED) is 0.00919. The van der Waals surface area contributed by atoms with Crippen LogP contribution < -0.4 is 40.3 Å². The molecule has 136 heavy (non-hydrogen) atoms. The van der Waals surface area contributed by atoms with Crippen LogP contribution in [0.2, 0.25) is 0 Å². The fourth-order valence-corrected chi connectivity index (χ4v) is 18.4. The Balaban J connectivity index is 0.687. The molecular weight excluding hydrogens is 1710 g/mol. The van der Waals surface area contributed by atoms with E-state index in [9.17, 15) is 50.3 Å². The summed E-state index contributed by atoms with van der Waals surface area (Å²) in [6.07, 6.45) is 5.63. The van der Waals surface area contributed by atoms with Crippen molar-refractivity contribution in [3.8, 4) is 41.2 Å². The maximum atomic E-state index is 11.9. The number of rotatable bonds is 25. The van der Waals surface area contributed by atoms with E-state index in [0.29, 0.717) is 45.3 Å². The van der Waals surface area contributed by atoms with Crippen molar-refractivity contribution >= 4 is 158 Å². The van der Waals surface area contributed by atoms with E-state index in [-0.39, 0.29) is 50.3 Å². The van der Waals surface area contributed by atoms with Crippen LogP contribution in [0.25, 0.3) is 139 Å². The van der Waals surface area contributed by atoms with E-state index in [0.717, 1.165) is 176 Å². The number of nitriles is 3. The molecule has 9 heterocycles. The first-order valence-electron chi connectivity index (χ1n) is 43.1. The molecule has 0 saturated heterocycles. The largest absolute Gasteiger partial charge is 0.486 e. The molecule has 0 radical (unpaired) electrons. The number of nitrogens with one attached hydrogen (secondary N) is 4. The van der Waals surface area contributed by atoms with Gasteiger partial charge in [0.25, 0.3) is 12.2 Å². The lowest BCUT2D eigenvalue weighted by Crippen LogP contribution is -2.19. The second kappa shape index (κ2) is 35.1. The van der Waals surface area contributed by atoms with E-state index >= 15 is 0 Å². The minimum atomic E-state index is -1.31. The number of H-pyrrole nitrogens is 4. The molecule has 0 fully saturated rings. The summed E-state index contributed by atoms with van der Waals surface area (Å²) >= 11 is 0. The lowest BCUT2D eigenvalue weighted by Gasteiger charge is -2.13. The van der Waals surface area contributed by atoms with Crippen LogP contribution in [0.1, 0.15) is 67.3 Å². The van der Waals surface area contributed by atoms with Crippen LogP contribution in [-0.2, 0) is 50.8 Å². The predicted octanol–water partition coefficient (Wildman–Crippen LogP) is 19.2. The molecule has 12 aromatic carbocycles. The van der Waals surface area contributed by atoms with Gasteiger partial charge in [-0.05, 0) is 239 Å². The van der Waals surface area contributed by atoms with E-state index in [1.54, 1.807) is 30.3 Å². The summed E-state index contributed by atoms with van der Waals surface area (Å²) in [7, 11) is 0. The number of aliphatic carboxylic acids is 3. The molecule has 0 aliphatic carbocycles. The van der Waals surface area contributed by atoms with Gasteiger partial charge in [-0.2, -0.15) is 15.8 Å². The summed E-state index contributed by atoms with van der Waals surface area (Å²) < 4.78 is 40.1. The van der Waals surface area contributed by atoms with Crippen molar-refractivity contribution in [3.05, 3.63) is 438 Å². The third-order valence-electron chi connectivity index (χ3n) is 24.6. The van der Waals surface area contributed by atoms with Crippen LogP contribution in [0.5, 0.6) is 23.0 Å². The van der Waals surface area contributed by atoms with Crippen molar-refractivity contribution in [2.75, 3.05) is 0 Å². The fourth-order valence-electron chi connectivity index (χ4n) is 18.4. The third kappa shape index (κ3) is 15.6. The Morgan fingerprint density at radius 3 is 0.846 bits per heavy atom. The molecule has 24 nitrogen and oxygen atoms in total. The Kier molecular flexibility index (Phi) is 21.5. The lowest BCUT2D eigenvalue weighted by atomic mass is 10.0. The highest BCUT2D eigenvalue weighted by Crippen LogP contribution is 2.39. The molecule has 0 atom stereocenters. The van der Waals surface area contributed by atoms with E-state index in [1.807, 2.05) is 255 Å². The summed E-state index contributed by atoms with van der Waals surface area (Å²) in [5.74, 6) is -1.69. The van der Waals surface area contributed by atoms with Gasteiger partial charge in [-0.15, -0.1) is 0 Å². The molecule has 8 aromatic heterocycles. The number of aromatic amines is 4. The summed E-state index contributed by atoms with van der Waals surface area (Å²) in [4.78, 5) is 66.0. The number of hydrogen-bond acceptors (Lipinski definition) is 12. The molecule has 20 aromatic rings. The number of nitrogens with zero attached hydrogens (tertiary/aromatic N) is 8. The van der Waals surface area contributed by atoms with Crippen molar-refractivity contribution in [2.24, 2.45) is 0 Å². The highest BCUT2D eigenvalue weighted by molar-refractivity contribution is 6.13. The minimum absolute atomic E-state index is 0.120. The van der Waals surface area contributed by atoms with Gasteiger partial charge in [0.15, 0.2) is 26.9 Å². The van der Waals surface area contributed by atoms with Crippen LogP contribution >= 0.6 is 0 Å². The molecule has 7 N–H and O–H groups in total. The average molecular weight is 1780 g/mol. The maximum absolute atomic E-state index is 11.9. The second-order valence-electron chi connectivity index (χ2n) is 32.5. The Hall–Kier alpha value is -19.6. The van der Waals surface area contributed by atoms with E-state index in [2.05, 4.69) is 91.6 Å². The topological polar surface area (TPSA) is 334 Å². The van der Waals surface area contributed by atoms with Gasteiger partial charge in [0.1, 0.15) is 52.4 Å². The molecular formula is C112H72N12O12. The monoisotopic (exact) mass is 1780 g/mol. The van der Waals surface area contributed by atoms with Gasteiger partial charge in [0.2, 0.25) is 5.76 Å². The molecule has 21 rings (SSSR count). The van der Waals surface area contributed by atoms with Crippen molar-refractivity contribution in [1.82, 2.24) is 38.2 Å². The molecule has 0 amide bonds. The fraction of sp³-hybridized carbons (Fsp3) is 0.0357. The standard InChI is InChI=1S/C112H72N12O12/c1-116-97(112(130)131)57-69-21-49-105-88(56-69)84-13-5-9-17-101(84)124(105)64-135-79-36-28-73(29-37-79)109-95-44-40-91(119-95)106(70-22-30-76(31-23-70)132-61-121-98-14-6-2-10-81(98)85-53-66(18-46-102(85)121)50-74(58-113)110(126)127)89-38-42-93(117-89)108(72-26-34-78(35-27-72)134-63-123-100-16-8-4-12-83(100)87-55-68(20-48-104(87)123)52-80(60-115)136-65-125)94-43-39-90(118-94)107(92-41-45-96(109)120-92)71-24-32-77(33-25-71)133-62-122-99-15-7-3-11-82(99)86-54-67(19-47-103(86)122)51-75(59-114)111(128)129/h2-57,65,117-120H,61-64H2,(H,126,127)(H,128,129)(H,130,131)/b74-50-,75-51-,80-52+,97-57-,106-89?,106-91?,107-90?,107-92?,108-93?,108-94?,109-95?,109-96?. The van der Waals surface area contributed by atoms with Gasteiger partial charge in [-0.25, -0.2) is 14.4 Å². The van der Waals surface area contributed by atoms with E-state index < -0.39 is 23.6 Å². The minimum Gasteiger partial charge on any atom is -0.486 e. The SMILES string of the molecule is [C-]#[N+]/C(=C\c1ccc2c(c1)c1ccccc1n2COc1ccc(C2=c3ccc([nH]3)=C(c3ccc(OCn4c5ccccc5c5cc(/C=C(/C#N)C(=O)O)ccc54)cc3)c3ccc([nH]3)C(c3ccc(OCn4c5ccccc5c5cc(/C=C(\C#N)OC=O)ccc54)cc3)=c3ccc([nH]3)=C(c3ccc(OCn4c5ccccc5c5cc(/C=C(/C#N)C(=O)O)ccc54)cc3)c3ccc2[nH]3)cc1)C(=O)O. The van der Waals surface area contributed by atoms with Gasteiger partial charge in [-0.1, -0.05) is 146 Å². The zero-order valence-electron chi connectivity index (χ0n) is 71.8. The van der Waals surface area contributed by atoms with Crippen molar-refractivity contribution < 1.29 is 58.2 Å². The summed E-state index contributed by atoms with van der Waals surface area (Å²) in [5, 5.41) is 68.5. The number of carboxylic acids is 3. The number of fused-ring (bicyclic) bond motifs is 20. The Bertz CT molecular complexity index is 8350.